The van der Waals surface area contributed by atoms with E-state index in [1.54, 1.807) is 0 Å². The van der Waals surface area contributed by atoms with Gasteiger partial charge in [-0.3, -0.25) is 0 Å². The Morgan fingerprint density at radius 1 is 0.262 bits per heavy atom. The highest BCUT2D eigenvalue weighted by Crippen LogP contribution is 2.56. The molecule has 2 aliphatic heterocycles. The number of nitrogens with zero attached hydrogens (tertiary/aromatic N) is 6. The molecule has 4 unspecified atom stereocenters. The van der Waals surface area contributed by atoms with Crippen LogP contribution in [0.5, 0.6) is 0 Å². The van der Waals surface area contributed by atoms with Crippen molar-refractivity contribution in [1.82, 2.24) is 18.3 Å². The van der Waals surface area contributed by atoms with E-state index in [0.29, 0.717) is 0 Å². The summed E-state index contributed by atoms with van der Waals surface area (Å²) in [5.41, 5.74) is 21.6. The largest absolute Gasteiger partial charge is 0.333 e. The van der Waals surface area contributed by atoms with Crippen LogP contribution in [0.2, 0.25) is 0 Å². The summed E-state index contributed by atoms with van der Waals surface area (Å²) in [6.07, 6.45) is 18.6. The summed E-state index contributed by atoms with van der Waals surface area (Å²) in [6, 6.07) is 90.8. The van der Waals surface area contributed by atoms with Crippen molar-refractivity contribution >= 4 is 110 Å². The maximum atomic E-state index is 2.66. The van der Waals surface area contributed by atoms with E-state index in [0.717, 1.165) is 39.5 Å². The molecule has 0 fully saturated rings. The molecule has 0 amide bonds. The van der Waals surface area contributed by atoms with E-state index in [2.05, 4.69) is 319 Å². The van der Waals surface area contributed by atoms with Gasteiger partial charge in [0.05, 0.1) is 73.3 Å². The van der Waals surface area contributed by atoms with Gasteiger partial charge in [0.2, 0.25) is 0 Å². The molecule has 394 valence electrons. The van der Waals surface area contributed by atoms with Gasteiger partial charge < -0.3 is 28.1 Å². The van der Waals surface area contributed by atoms with Gasteiger partial charge in [0, 0.05) is 88.9 Å². The molecular weight excluding hydrogens is 1020 g/mol. The predicted octanol–water partition coefficient (Wildman–Crippen LogP) is 19.5. The highest BCUT2D eigenvalue weighted by atomic mass is 15.2. The third kappa shape index (κ3) is 6.18. The molecule has 19 rings (SSSR count). The van der Waals surface area contributed by atoms with Gasteiger partial charge in [-0.2, -0.15) is 0 Å². The van der Waals surface area contributed by atoms with E-state index in [1.807, 2.05) is 0 Å². The van der Waals surface area contributed by atoms with E-state index in [-0.39, 0.29) is 23.9 Å². The molecule has 0 bridgehead atoms. The molecular formula is C78H52N6. The summed E-state index contributed by atoms with van der Waals surface area (Å²) >= 11 is 0. The first kappa shape index (κ1) is 45.9. The van der Waals surface area contributed by atoms with E-state index in [9.17, 15) is 0 Å². The van der Waals surface area contributed by atoms with Gasteiger partial charge in [-0.25, -0.2) is 0 Å². The third-order valence-electron chi connectivity index (χ3n) is 18.9. The van der Waals surface area contributed by atoms with Crippen LogP contribution in [0.15, 0.2) is 291 Å². The molecule has 0 saturated carbocycles. The summed E-state index contributed by atoms with van der Waals surface area (Å²) in [6.45, 7) is 0. The number of fused-ring (bicyclic) bond motifs is 21. The van der Waals surface area contributed by atoms with Crippen molar-refractivity contribution in [2.75, 3.05) is 9.80 Å². The van der Waals surface area contributed by atoms with Crippen LogP contribution >= 0.6 is 0 Å². The second kappa shape index (κ2) is 17.4. The molecule has 4 aliphatic rings. The van der Waals surface area contributed by atoms with Crippen LogP contribution in [0.1, 0.15) is 23.0 Å². The minimum atomic E-state index is 0.00518. The van der Waals surface area contributed by atoms with Gasteiger partial charge in [-0.1, -0.05) is 194 Å². The average Bonchev–Trinajstić information content (AvgIpc) is 1.74. The van der Waals surface area contributed by atoms with Crippen LogP contribution in [0.25, 0.3) is 110 Å². The minimum absolute atomic E-state index is 0.00518. The van der Waals surface area contributed by atoms with Crippen LogP contribution in [0.3, 0.4) is 0 Å². The summed E-state index contributed by atoms with van der Waals surface area (Å²) < 4.78 is 10.1. The predicted molar refractivity (Wildman–Crippen MR) is 351 cm³/mol. The number of para-hydroxylation sites is 7. The second-order valence-electron chi connectivity index (χ2n) is 23.1. The van der Waals surface area contributed by atoms with Crippen molar-refractivity contribution in [2.45, 2.75) is 23.9 Å². The highest BCUT2D eigenvalue weighted by Gasteiger charge is 2.42. The molecule has 0 N–H and O–H groups in total. The Morgan fingerprint density at radius 2 is 0.702 bits per heavy atom. The Balaban J connectivity index is 0.931. The summed E-state index contributed by atoms with van der Waals surface area (Å²) in [4.78, 5) is 5.26. The smallest absolute Gasteiger partial charge is 0.0641 e. The lowest BCUT2D eigenvalue weighted by Crippen LogP contribution is -2.28. The maximum absolute atomic E-state index is 2.66. The molecule has 15 aromatic rings. The normalized spacial score (nSPS) is 17.8. The van der Waals surface area contributed by atoms with Crippen molar-refractivity contribution in [1.29, 1.82) is 0 Å². The average molecular weight is 1070 g/mol. The zero-order chi connectivity index (χ0) is 54.7. The lowest BCUT2D eigenvalue weighted by Gasteiger charge is -2.30. The summed E-state index contributed by atoms with van der Waals surface area (Å²) in [5, 5.41) is 9.96. The zero-order valence-corrected chi connectivity index (χ0v) is 45.7. The number of benzene rings is 11. The molecule has 0 radical (unpaired) electrons. The lowest BCUT2D eigenvalue weighted by atomic mass is 9.90. The van der Waals surface area contributed by atoms with Crippen molar-refractivity contribution in [2.24, 2.45) is 0 Å². The third-order valence-corrected chi connectivity index (χ3v) is 18.9. The molecule has 2 aliphatic carbocycles. The molecule has 84 heavy (non-hydrogen) atoms. The fourth-order valence-corrected chi connectivity index (χ4v) is 15.7. The SMILES string of the molecule is C1=CC2c3c(ccc4c5ccccc5n(-c5ccccc5)c34)N(c3cc(-n4c5ccccc5c5c6c(ccc54)C4C=CC=CC4N6c4ccccc4)cc(-n4c5ccccc5c5c4ccc4c6ccccc6n(-c6ccccc6)c45)c3)C2C=C1. The van der Waals surface area contributed by atoms with Gasteiger partial charge in [0.1, 0.15) is 0 Å². The second-order valence-corrected chi connectivity index (χ2v) is 23.1. The standard InChI is InChI=1S/C78H52N6/c1-4-22-49(23-5-1)82-64-34-16-10-28-55(64)58-40-43-70-73(76(58)82)61-31-13-19-37-67(61)79(70)52-46-53(80-68-38-20-14-32-62(68)74-71(80)44-41-59-56-29-11-17-35-65(56)83(77(59)74)50-24-6-2-7-25-50)48-54(47-52)81-69-39-21-15-33-63(69)75-72(81)45-42-60-57-30-12-18-36-66(57)84(78(60)75)51-26-8-3-9-27-51/h1-48,55,62,64,68H. The van der Waals surface area contributed by atoms with Crippen molar-refractivity contribution in [3.05, 3.63) is 302 Å². The van der Waals surface area contributed by atoms with Crippen LogP contribution in [-0.4, -0.2) is 30.4 Å². The number of rotatable bonds is 6. The zero-order valence-electron chi connectivity index (χ0n) is 45.7. The monoisotopic (exact) mass is 1070 g/mol. The molecule has 0 saturated heterocycles. The fourth-order valence-electron chi connectivity index (χ4n) is 15.7. The number of aromatic nitrogens is 4. The van der Waals surface area contributed by atoms with E-state index < -0.39 is 0 Å². The van der Waals surface area contributed by atoms with Crippen molar-refractivity contribution in [3.63, 3.8) is 0 Å². The lowest BCUT2D eigenvalue weighted by molar-refractivity contribution is 0.745. The summed E-state index contributed by atoms with van der Waals surface area (Å²) in [5.74, 6) is 0.308. The van der Waals surface area contributed by atoms with E-state index in [4.69, 9.17) is 0 Å². The maximum Gasteiger partial charge on any atom is 0.0641 e. The fraction of sp³-hybridized carbons (Fsp3) is 0.0513. The molecule has 11 aromatic carbocycles. The Morgan fingerprint density at radius 3 is 1.32 bits per heavy atom. The molecule has 0 spiro atoms. The Kier molecular flexibility index (Phi) is 9.47. The first-order valence-corrected chi connectivity index (χ1v) is 29.4. The van der Waals surface area contributed by atoms with Gasteiger partial charge in [-0.15, -0.1) is 0 Å². The minimum Gasteiger partial charge on any atom is -0.333 e. The molecule has 6 heteroatoms. The summed E-state index contributed by atoms with van der Waals surface area (Å²) in [7, 11) is 0. The van der Waals surface area contributed by atoms with Gasteiger partial charge in [-0.05, 0) is 103 Å². The van der Waals surface area contributed by atoms with Crippen LogP contribution in [0.4, 0.5) is 22.7 Å². The molecule has 4 aromatic heterocycles. The van der Waals surface area contributed by atoms with Crippen LogP contribution < -0.4 is 9.80 Å². The van der Waals surface area contributed by atoms with Gasteiger partial charge >= 0.3 is 0 Å². The van der Waals surface area contributed by atoms with Crippen LogP contribution in [-0.2, 0) is 0 Å². The van der Waals surface area contributed by atoms with Crippen LogP contribution in [0, 0.1) is 0 Å². The van der Waals surface area contributed by atoms with Crippen molar-refractivity contribution in [3.8, 4) is 22.7 Å². The number of hydrogen-bond acceptors (Lipinski definition) is 2. The van der Waals surface area contributed by atoms with Gasteiger partial charge in [0.15, 0.2) is 0 Å². The highest BCUT2D eigenvalue weighted by molar-refractivity contribution is 6.26. The quantitative estimate of drug-likeness (QED) is 0.166. The Hall–Kier alpha value is -10.8. The topological polar surface area (TPSA) is 26.2 Å². The first-order valence-electron chi connectivity index (χ1n) is 29.4. The van der Waals surface area contributed by atoms with Crippen molar-refractivity contribution < 1.29 is 0 Å². The molecule has 6 heterocycles. The molecule has 4 atom stereocenters. The van der Waals surface area contributed by atoms with E-state index >= 15 is 0 Å². The van der Waals surface area contributed by atoms with Gasteiger partial charge in [0.25, 0.3) is 0 Å². The first-order chi connectivity index (χ1) is 41.7. The number of allylic oxidation sites excluding steroid dienone is 4. The van der Waals surface area contributed by atoms with E-state index in [1.165, 1.54) is 104 Å². The Bertz CT molecular complexity index is 5410. The number of anilines is 4. The number of hydrogen-bond donors (Lipinski definition) is 0. The molecule has 6 nitrogen and oxygen atoms in total. The Labute approximate surface area is 484 Å².